The molecule has 0 bridgehead atoms. The number of methoxy groups -OCH3 is 1. The van der Waals surface area contributed by atoms with Gasteiger partial charge in [0.15, 0.2) is 23.8 Å². The van der Waals surface area contributed by atoms with Gasteiger partial charge in [-0.15, -0.1) is 0 Å². The van der Waals surface area contributed by atoms with Crippen molar-refractivity contribution in [2.45, 2.75) is 57.3 Å². The van der Waals surface area contributed by atoms with Gasteiger partial charge in [0.2, 0.25) is 0 Å². The molecule has 1 aliphatic rings. The van der Waals surface area contributed by atoms with E-state index < -0.39 is 41.7 Å². The van der Waals surface area contributed by atoms with Gasteiger partial charge in [-0.2, -0.15) is 0 Å². The van der Waals surface area contributed by atoms with Crippen LogP contribution >= 0.6 is 0 Å². The van der Waals surface area contributed by atoms with Crippen LogP contribution in [0.1, 0.15) is 32.3 Å². The Labute approximate surface area is 158 Å². The molecule has 0 aliphatic carbocycles. The number of amides is 1. The molecule has 1 saturated heterocycles. The van der Waals surface area contributed by atoms with Crippen LogP contribution in [0.5, 0.6) is 0 Å². The van der Waals surface area contributed by atoms with Gasteiger partial charge in [-0.25, -0.2) is 0 Å². The van der Waals surface area contributed by atoms with E-state index in [1.165, 1.54) is 7.11 Å². The van der Waals surface area contributed by atoms with Gasteiger partial charge in [0.25, 0.3) is 5.91 Å². The van der Waals surface area contributed by atoms with E-state index in [1.54, 1.807) is 13.8 Å². The van der Waals surface area contributed by atoms with Crippen LogP contribution in [0.25, 0.3) is 0 Å². The van der Waals surface area contributed by atoms with Crippen molar-refractivity contribution >= 4 is 17.7 Å². The number of ketones is 1. The summed E-state index contributed by atoms with van der Waals surface area (Å²) in [5.74, 6) is -2.50. The molecule has 1 aromatic rings. The predicted molar refractivity (Wildman–Crippen MR) is 96.3 cm³/mol. The fourth-order valence-corrected chi connectivity index (χ4v) is 2.78. The van der Waals surface area contributed by atoms with E-state index in [4.69, 9.17) is 15.2 Å². The van der Waals surface area contributed by atoms with Gasteiger partial charge in [0.05, 0.1) is 13.2 Å². The average Bonchev–Trinajstić information content (AvgIpc) is 2.99. The number of hydrogen-bond acceptors (Lipinski definition) is 7. The predicted octanol–water partition coefficient (Wildman–Crippen LogP) is 0.673. The van der Waals surface area contributed by atoms with Gasteiger partial charge < -0.3 is 25.3 Å². The third-order valence-corrected chi connectivity index (χ3v) is 4.20. The molecule has 1 aliphatic heterocycles. The largest absolute Gasteiger partial charge is 0.469 e. The number of carbonyl (C=O) groups excluding carboxylic acids is 3. The van der Waals surface area contributed by atoms with Crippen molar-refractivity contribution in [1.29, 1.82) is 0 Å². The van der Waals surface area contributed by atoms with Crippen molar-refractivity contribution < 1.29 is 28.6 Å². The number of nitrogens with two attached hydrogens (primary N) is 1. The summed E-state index contributed by atoms with van der Waals surface area (Å²) in [7, 11) is 1.26. The normalized spacial score (nSPS) is 22.1. The van der Waals surface area contributed by atoms with Crippen LogP contribution in [0.15, 0.2) is 30.3 Å². The van der Waals surface area contributed by atoms with Gasteiger partial charge in [-0.3, -0.25) is 14.4 Å². The van der Waals surface area contributed by atoms with Crippen molar-refractivity contribution in [3.8, 4) is 0 Å². The van der Waals surface area contributed by atoms with Gasteiger partial charge in [-0.1, -0.05) is 30.3 Å². The maximum absolute atomic E-state index is 12.7. The van der Waals surface area contributed by atoms with Gasteiger partial charge in [0, 0.05) is 13.0 Å². The Morgan fingerprint density at radius 2 is 1.81 bits per heavy atom. The lowest BCUT2D eigenvalue weighted by molar-refractivity contribution is -0.159. The number of benzene rings is 1. The molecule has 3 N–H and O–H groups in total. The van der Waals surface area contributed by atoms with E-state index >= 15 is 0 Å². The highest BCUT2D eigenvalue weighted by atomic mass is 16.8. The van der Waals surface area contributed by atoms with Crippen molar-refractivity contribution in [1.82, 2.24) is 5.32 Å². The van der Waals surface area contributed by atoms with Crippen molar-refractivity contribution in [2.24, 2.45) is 5.73 Å². The smallest absolute Gasteiger partial charge is 0.305 e. The zero-order valence-corrected chi connectivity index (χ0v) is 15.8. The summed E-state index contributed by atoms with van der Waals surface area (Å²) in [6.45, 7) is 3.55. The number of carbonyl (C=O) groups is 3. The van der Waals surface area contributed by atoms with Crippen LogP contribution in [0.4, 0.5) is 0 Å². The summed E-state index contributed by atoms with van der Waals surface area (Å²) < 4.78 is 15.8. The van der Waals surface area contributed by atoms with Crippen LogP contribution in [0.2, 0.25) is 0 Å². The maximum atomic E-state index is 12.7. The lowest BCUT2D eigenvalue weighted by atomic mass is 9.99. The molecule has 0 spiro atoms. The number of rotatable bonds is 8. The molecule has 0 aromatic heterocycles. The average molecular weight is 378 g/mol. The minimum atomic E-state index is -1.14. The summed E-state index contributed by atoms with van der Waals surface area (Å²) in [6.07, 6.45) is -2.14. The number of nitrogens with one attached hydrogen (secondary N) is 1. The SMILES string of the molecule is COC(=O)CCC(N)C(=O)C1OC(C)(C)OC1C(=O)NCc1ccccc1. The van der Waals surface area contributed by atoms with Gasteiger partial charge in [-0.05, 0) is 25.8 Å². The molecule has 2 rings (SSSR count). The van der Waals surface area contributed by atoms with E-state index in [1.807, 2.05) is 30.3 Å². The summed E-state index contributed by atoms with van der Waals surface area (Å²) in [4.78, 5) is 36.5. The number of hydrogen-bond donors (Lipinski definition) is 2. The topological polar surface area (TPSA) is 117 Å². The van der Waals surface area contributed by atoms with E-state index in [-0.39, 0.29) is 12.8 Å². The highest BCUT2D eigenvalue weighted by molar-refractivity contribution is 5.95. The Bertz CT molecular complexity index is 676. The second-order valence-electron chi connectivity index (χ2n) is 6.80. The first-order chi connectivity index (χ1) is 12.7. The first kappa shape index (κ1) is 21.0. The second kappa shape index (κ2) is 9.07. The molecule has 1 amide bonds. The van der Waals surface area contributed by atoms with E-state index in [9.17, 15) is 14.4 Å². The molecule has 0 radical (unpaired) electrons. The Hall–Kier alpha value is -2.29. The van der Waals surface area contributed by atoms with E-state index in [0.29, 0.717) is 6.54 Å². The van der Waals surface area contributed by atoms with E-state index in [2.05, 4.69) is 10.1 Å². The monoisotopic (exact) mass is 378 g/mol. The Balaban J connectivity index is 2.01. The highest BCUT2D eigenvalue weighted by Gasteiger charge is 2.49. The molecule has 1 heterocycles. The van der Waals surface area contributed by atoms with Crippen molar-refractivity contribution in [2.75, 3.05) is 7.11 Å². The second-order valence-corrected chi connectivity index (χ2v) is 6.80. The zero-order chi connectivity index (χ0) is 20.0. The van der Waals surface area contributed by atoms with Crippen molar-refractivity contribution in [3.05, 3.63) is 35.9 Å². The molecule has 27 heavy (non-hydrogen) atoms. The molecule has 8 heteroatoms. The summed E-state index contributed by atoms with van der Waals surface area (Å²) >= 11 is 0. The Kier molecular flexibility index (Phi) is 7.06. The Morgan fingerprint density at radius 3 is 2.44 bits per heavy atom. The minimum absolute atomic E-state index is 0.00521. The third kappa shape index (κ3) is 5.85. The zero-order valence-electron chi connectivity index (χ0n) is 15.8. The molecule has 3 unspecified atom stereocenters. The van der Waals surface area contributed by atoms with Gasteiger partial charge >= 0.3 is 5.97 Å². The fourth-order valence-electron chi connectivity index (χ4n) is 2.78. The number of Topliss-reactive ketones (excluding diaryl/α,β-unsaturated/α-hetero) is 1. The van der Waals surface area contributed by atoms with Crippen LogP contribution in [-0.4, -0.2) is 48.8 Å². The molecule has 1 aromatic carbocycles. The fraction of sp³-hybridized carbons (Fsp3) is 0.526. The first-order valence-corrected chi connectivity index (χ1v) is 8.77. The van der Waals surface area contributed by atoms with Crippen LogP contribution in [0.3, 0.4) is 0 Å². The van der Waals surface area contributed by atoms with Crippen LogP contribution in [0, 0.1) is 0 Å². The maximum Gasteiger partial charge on any atom is 0.305 e. The number of esters is 1. The van der Waals surface area contributed by atoms with Crippen LogP contribution in [-0.2, 0) is 35.1 Å². The standard InChI is InChI=1S/C19H26N2O6/c1-19(2)26-16(15(23)13(20)9-10-14(22)25-3)17(27-19)18(24)21-11-12-7-5-4-6-8-12/h4-8,13,16-17H,9-11,20H2,1-3H3,(H,21,24). The lowest BCUT2D eigenvalue weighted by Crippen LogP contribution is -2.49. The van der Waals surface area contributed by atoms with Gasteiger partial charge in [0.1, 0.15) is 0 Å². The summed E-state index contributed by atoms with van der Waals surface area (Å²) in [6, 6.07) is 8.41. The molecular weight excluding hydrogens is 352 g/mol. The summed E-state index contributed by atoms with van der Waals surface area (Å²) in [5.41, 5.74) is 6.81. The first-order valence-electron chi connectivity index (χ1n) is 8.77. The molecule has 3 atom stereocenters. The minimum Gasteiger partial charge on any atom is -0.469 e. The van der Waals surface area contributed by atoms with Crippen LogP contribution < -0.4 is 11.1 Å². The molecule has 1 fully saturated rings. The lowest BCUT2D eigenvalue weighted by Gasteiger charge is -2.19. The molecule has 8 nitrogen and oxygen atoms in total. The quantitative estimate of drug-likeness (QED) is 0.639. The van der Waals surface area contributed by atoms with E-state index in [0.717, 1.165) is 5.56 Å². The number of ether oxygens (including phenoxy) is 3. The molecule has 0 saturated carbocycles. The third-order valence-electron chi connectivity index (χ3n) is 4.20. The molecular formula is C19H26N2O6. The Morgan fingerprint density at radius 1 is 1.19 bits per heavy atom. The molecule has 148 valence electrons. The van der Waals surface area contributed by atoms with Crippen molar-refractivity contribution in [3.63, 3.8) is 0 Å². The highest BCUT2D eigenvalue weighted by Crippen LogP contribution is 2.29. The summed E-state index contributed by atoms with van der Waals surface area (Å²) in [5, 5.41) is 2.75.